The maximum absolute atomic E-state index is 13.4. The molecule has 1 aliphatic carbocycles. The largest absolute Gasteiger partial charge is 0.492 e. The van der Waals surface area contributed by atoms with E-state index in [1.165, 1.54) is 12.1 Å². The van der Waals surface area contributed by atoms with E-state index >= 15 is 0 Å². The summed E-state index contributed by atoms with van der Waals surface area (Å²) in [6.45, 7) is 12.2. The SMILES string of the molecule is CC1(C)[C@H](NC(=O)c2ccc(N3CCN(CCOc4ccc5c(c4)C(=O)N(C4CCC(C(F)(F)F)NC4=O)C5=O)CC3)cc2)C(C)(C)[C@H]1Oc1ccc(C#N)c(Cl)c1. The van der Waals surface area contributed by atoms with Crippen molar-refractivity contribution in [1.82, 2.24) is 20.4 Å². The van der Waals surface area contributed by atoms with Crippen molar-refractivity contribution >= 4 is 40.9 Å². The number of nitrogens with zero attached hydrogens (tertiary/aromatic N) is 4. The van der Waals surface area contributed by atoms with Gasteiger partial charge in [-0.25, -0.2) is 0 Å². The molecule has 0 spiro atoms. The van der Waals surface area contributed by atoms with E-state index in [0.29, 0.717) is 40.8 Å². The molecule has 58 heavy (non-hydrogen) atoms. The lowest BCUT2D eigenvalue weighted by molar-refractivity contribution is -0.169. The van der Waals surface area contributed by atoms with E-state index < -0.39 is 42.4 Å². The molecule has 2 atom stereocenters. The summed E-state index contributed by atoms with van der Waals surface area (Å²) in [6.07, 6.45) is -5.54. The molecule has 0 radical (unpaired) electrons. The molecule has 0 aromatic heterocycles. The minimum atomic E-state index is -4.61. The van der Waals surface area contributed by atoms with E-state index in [2.05, 4.69) is 48.9 Å². The highest BCUT2D eigenvalue weighted by atomic mass is 35.5. The molecular weight excluding hydrogens is 777 g/mol. The zero-order valence-electron chi connectivity index (χ0n) is 32.5. The standard InChI is InChI=1S/C42H44ClF3N6O6/c1-40(2)38(41(3,4)39(40)58-28-10-7-25(23-47)31(43)22-28)49-34(53)24-5-8-26(9-6-24)51-17-15-50(16-18-51)19-20-57-27-11-12-29-30(21-27)37(56)52(36(29)55)32-13-14-33(42(44,45)46)48-35(32)54/h5-12,21-22,32-33,38-39H,13-20H2,1-4H3,(H,48,54)(H,49,53)/t32?,33?,38-,39-. The third kappa shape index (κ3) is 7.67. The number of piperazine rings is 1. The molecule has 2 unspecified atom stereocenters. The number of imide groups is 1. The number of carbonyl (C=O) groups is 4. The number of fused-ring (bicyclic) bond motifs is 1. The average Bonchev–Trinajstić information content (AvgIpc) is 3.43. The Labute approximate surface area is 339 Å². The van der Waals surface area contributed by atoms with Gasteiger partial charge in [-0.3, -0.25) is 29.0 Å². The van der Waals surface area contributed by atoms with Gasteiger partial charge >= 0.3 is 6.18 Å². The van der Waals surface area contributed by atoms with Crippen LogP contribution >= 0.6 is 11.6 Å². The number of alkyl halides is 3. The van der Waals surface area contributed by atoms with E-state index in [-0.39, 0.29) is 46.4 Å². The van der Waals surface area contributed by atoms with Crippen molar-refractivity contribution in [3.63, 3.8) is 0 Å². The van der Waals surface area contributed by atoms with E-state index in [0.717, 1.165) is 36.8 Å². The second-order valence-electron chi connectivity index (χ2n) is 16.4. The van der Waals surface area contributed by atoms with Crippen molar-refractivity contribution in [3.8, 4) is 17.6 Å². The molecule has 3 heterocycles. The number of nitrogens with one attached hydrogen (secondary N) is 2. The van der Waals surface area contributed by atoms with Gasteiger partial charge in [0.15, 0.2) is 0 Å². The molecule has 3 fully saturated rings. The summed E-state index contributed by atoms with van der Waals surface area (Å²) >= 11 is 6.23. The molecule has 7 rings (SSSR count). The minimum Gasteiger partial charge on any atom is -0.492 e. The normalized spacial score (nSPS) is 24.0. The van der Waals surface area contributed by atoms with Gasteiger partial charge in [0.2, 0.25) is 5.91 Å². The number of benzene rings is 3. The van der Waals surface area contributed by atoms with Crippen LogP contribution in [0.1, 0.15) is 77.2 Å². The summed E-state index contributed by atoms with van der Waals surface area (Å²) in [7, 11) is 0. The third-order valence-electron chi connectivity index (χ3n) is 11.9. The van der Waals surface area contributed by atoms with Crippen LogP contribution in [0.4, 0.5) is 18.9 Å². The fourth-order valence-electron chi connectivity index (χ4n) is 9.06. The van der Waals surface area contributed by atoms with Gasteiger partial charge in [-0.2, -0.15) is 18.4 Å². The van der Waals surface area contributed by atoms with Gasteiger partial charge in [-0.05, 0) is 67.4 Å². The summed E-state index contributed by atoms with van der Waals surface area (Å²) in [4.78, 5) is 57.4. The molecule has 2 saturated heterocycles. The summed E-state index contributed by atoms with van der Waals surface area (Å²) in [5.74, 6) is -1.70. The Balaban J connectivity index is 0.863. The lowest BCUT2D eigenvalue weighted by atomic mass is 9.49. The Morgan fingerprint density at radius 3 is 2.19 bits per heavy atom. The number of hydrogen-bond acceptors (Lipinski definition) is 9. The van der Waals surface area contributed by atoms with Crippen molar-refractivity contribution in [2.45, 2.75) is 70.9 Å². The number of hydrogen-bond donors (Lipinski definition) is 2. The minimum absolute atomic E-state index is 0.0477. The van der Waals surface area contributed by atoms with Crippen LogP contribution in [-0.2, 0) is 4.79 Å². The summed E-state index contributed by atoms with van der Waals surface area (Å²) in [6, 6.07) is 15.6. The van der Waals surface area contributed by atoms with Crippen molar-refractivity contribution in [3.05, 3.63) is 87.9 Å². The molecule has 4 aliphatic rings. The molecule has 16 heteroatoms. The first-order valence-electron chi connectivity index (χ1n) is 19.2. The molecule has 3 aromatic carbocycles. The maximum Gasteiger partial charge on any atom is 0.408 e. The highest BCUT2D eigenvalue weighted by molar-refractivity contribution is 6.31. The van der Waals surface area contributed by atoms with Gasteiger partial charge in [0.05, 0.1) is 21.7 Å². The number of nitriles is 1. The number of ether oxygens (including phenoxy) is 2. The second kappa shape index (κ2) is 15.4. The molecule has 1 saturated carbocycles. The number of anilines is 1. The predicted octanol–water partition coefficient (Wildman–Crippen LogP) is 5.83. The van der Waals surface area contributed by atoms with Gasteiger partial charge in [0, 0.05) is 66.9 Å². The summed E-state index contributed by atoms with van der Waals surface area (Å²) in [5.41, 5.74) is 1.28. The number of rotatable bonds is 10. The van der Waals surface area contributed by atoms with Crippen LogP contribution in [0.2, 0.25) is 5.02 Å². The fraction of sp³-hybridized carbons (Fsp3) is 0.452. The van der Waals surface area contributed by atoms with E-state index in [4.69, 9.17) is 21.1 Å². The average molecular weight is 821 g/mol. The topological polar surface area (TPSA) is 144 Å². The zero-order valence-corrected chi connectivity index (χ0v) is 33.2. The first-order chi connectivity index (χ1) is 27.4. The number of halogens is 4. The van der Waals surface area contributed by atoms with E-state index in [9.17, 15) is 37.6 Å². The van der Waals surface area contributed by atoms with Crippen LogP contribution in [0.5, 0.6) is 11.5 Å². The van der Waals surface area contributed by atoms with Gasteiger partial charge in [0.25, 0.3) is 17.7 Å². The Morgan fingerprint density at radius 1 is 0.914 bits per heavy atom. The molecule has 306 valence electrons. The van der Waals surface area contributed by atoms with Crippen LogP contribution in [0.25, 0.3) is 0 Å². The van der Waals surface area contributed by atoms with Crippen LogP contribution in [-0.4, -0.2) is 103 Å². The smallest absolute Gasteiger partial charge is 0.408 e. The quantitative estimate of drug-likeness (QED) is 0.242. The second-order valence-corrected chi connectivity index (χ2v) is 16.8. The van der Waals surface area contributed by atoms with Crippen molar-refractivity contribution in [2.24, 2.45) is 10.8 Å². The van der Waals surface area contributed by atoms with Gasteiger partial charge < -0.3 is 25.0 Å². The lowest BCUT2D eigenvalue weighted by Gasteiger charge is -2.63. The molecule has 12 nitrogen and oxygen atoms in total. The van der Waals surface area contributed by atoms with Crippen LogP contribution < -0.4 is 25.0 Å². The molecule has 3 aliphatic heterocycles. The van der Waals surface area contributed by atoms with E-state index in [1.807, 2.05) is 29.6 Å². The van der Waals surface area contributed by atoms with Gasteiger partial charge in [-0.1, -0.05) is 39.3 Å². The van der Waals surface area contributed by atoms with Crippen molar-refractivity contribution in [2.75, 3.05) is 44.2 Å². The third-order valence-corrected chi connectivity index (χ3v) is 12.2. The Kier molecular flexibility index (Phi) is 10.9. The molecule has 3 aromatic rings. The first-order valence-corrected chi connectivity index (χ1v) is 19.5. The van der Waals surface area contributed by atoms with Crippen molar-refractivity contribution < 1.29 is 41.8 Å². The summed E-state index contributed by atoms with van der Waals surface area (Å²) in [5, 5.41) is 14.6. The highest BCUT2D eigenvalue weighted by Gasteiger charge is 2.64. The molecule has 4 amide bonds. The highest BCUT2D eigenvalue weighted by Crippen LogP contribution is 2.55. The number of amides is 4. The Bertz CT molecular complexity index is 2150. The van der Waals surface area contributed by atoms with E-state index in [1.54, 1.807) is 24.3 Å². The summed E-state index contributed by atoms with van der Waals surface area (Å²) < 4.78 is 51.6. The molecular formula is C42H44ClF3N6O6. The predicted molar refractivity (Wildman–Crippen MR) is 208 cm³/mol. The van der Waals surface area contributed by atoms with Crippen LogP contribution in [0.3, 0.4) is 0 Å². The lowest BCUT2D eigenvalue weighted by Crippen LogP contribution is -2.74. The monoisotopic (exact) mass is 820 g/mol. The maximum atomic E-state index is 13.4. The zero-order chi connectivity index (χ0) is 41.7. The van der Waals surface area contributed by atoms with Crippen LogP contribution in [0, 0.1) is 22.2 Å². The molecule has 0 bridgehead atoms. The number of carbonyl (C=O) groups excluding carboxylic acids is 4. The van der Waals surface area contributed by atoms with Crippen molar-refractivity contribution in [1.29, 1.82) is 5.26 Å². The molecule has 2 N–H and O–H groups in total. The Morgan fingerprint density at radius 2 is 1.57 bits per heavy atom. The first kappa shape index (κ1) is 40.9. The Hall–Kier alpha value is -5.33. The van der Waals surface area contributed by atoms with Gasteiger partial charge in [0.1, 0.15) is 42.4 Å². The van der Waals surface area contributed by atoms with Crippen LogP contribution in [0.15, 0.2) is 60.7 Å². The fourth-order valence-corrected chi connectivity index (χ4v) is 9.27. The number of piperidine rings is 1. The van der Waals surface area contributed by atoms with Gasteiger partial charge in [-0.15, -0.1) is 0 Å².